The van der Waals surface area contributed by atoms with Crippen molar-refractivity contribution in [1.82, 2.24) is 5.32 Å². The lowest BCUT2D eigenvalue weighted by Gasteiger charge is -2.24. The van der Waals surface area contributed by atoms with Crippen molar-refractivity contribution >= 4 is 17.5 Å². The van der Waals surface area contributed by atoms with E-state index in [0.717, 1.165) is 36.4 Å². The van der Waals surface area contributed by atoms with Gasteiger partial charge in [-0.05, 0) is 60.8 Å². The zero-order chi connectivity index (χ0) is 15.5. The number of nitrogens with one attached hydrogen (secondary N) is 1. The van der Waals surface area contributed by atoms with Crippen LogP contribution in [0.1, 0.15) is 80.4 Å². The van der Waals surface area contributed by atoms with Crippen molar-refractivity contribution in [3.8, 4) is 0 Å². The van der Waals surface area contributed by atoms with E-state index in [2.05, 4.69) is 24.4 Å². The molecule has 1 saturated carbocycles. The quantitative estimate of drug-likeness (QED) is 0.836. The maximum Gasteiger partial charge on any atom is 0.227 e. The van der Waals surface area contributed by atoms with Crippen LogP contribution in [0.25, 0.3) is 0 Å². The summed E-state index contributed by atoms with van der Waals surface area (Å²) in [5, 5.41) is 3.91. The van der Waals surface area contributed by atoms with Gasteiger partial charge in [-0.2, -0.15) is 0 Å². The first-order valence-corrected chi connectivity index (χ1v) is 9.18. The summed E-state index contributed by atoms with van der Waals surface area (Å²) in [6.07, 6.45) is 9.44. The summed E-state index contributed by atoms with van der Waals surface area (Å²) in [4.78, 5) is 12.3. The van der Waals surface area contributed by atoms with Gasteiger partial charge < -0.3 is 5.32 Å². The Morgan fingerprint density at radius 1 is 1.18 bits per heavy atom. The van der Waals surface area contributed by atoms with E-state index in [0.29, 0.717) is 5.92 Å². The van der Waals surface area contributed by atoms with Gasteiger partial charge in [0.15, 0.2) is 0 Å². The number of halogens is 1. The van der Waals surface area contributed by atoms with Gasteiger partial charge >= 0.3 is 0 Å². The monoisotopic (exact) mass is 319 g/mol. The molecule has 3 heteroatoms. The highest BCUT2D eigenvalue weighted by molar-refractivity contribution is 6.31. The van der Waals surface area contributed by atoms with E-state index in [1.807, 2.05) is 0 Å². The Labute approximate surface area is 138 Å². The van der Waals surface area contributed by atoms with E-state index in [-0.39, 0.29) is 11.8 Å². The van der Waals surface area contributed by atoms with E-state index in [9.17, 15) is 4.79 Å². The van der Waals surface area contributed by atoms with E-state index in [1.165, 1.54) is 43.2 Å². The van der Waals surface area contributed by atoms with Gasteiger partial charge in [0, 0.05) is 11.6 Å². The van der Waals surface area contributed by atoms with Crippen LogP contribution in [0.3, 0.4) is 0 Å². The highest BCUT2D eigenvalue weighted by Crippen LogP contribution is 2.42. The van der Waals surface area contributed by atoms with Gasteiger partial charge in [0.05, 0.1) is 5.92 Å². The van der Waals surface area contributed by atoms with Crippen molar-refractivity contribution in [3.05, 3.63) is 33.8 Å². The lowest BCUT2D eigenvalue weighted by Crippen LogP contribution is -2.28. The molecule has 2 aliphatic carbocycles. The predicted molar refractivity (Wildman–Crippen MR) is 91.6 cm³/mol. The molecule has 0 bridgehead atoms. The molecule has 0 radical (unpaired) electrons. The molecular formula is C19H26ClNO. The van der Waals surface area contributed by atoms with Gasteiger partial charge in [0.25, 0.3) is 0 Å². The molecule has 22 heavy (non-hydrogen) atoms. The third-order valence-electron chi connectivity index (χ3n) is 5.25. The van der Waals surface area contributed by atoms with Crippen molar-refractivity contribution in [2.75, 3.05) is 6.54 Å². The predicted octanol–water partition coefficient (Wildman–Crippen LogP) is 4.94. The van der Waals surface area contributed by atoms with Gasteiger partial charge in [-0.15, -0.1) is 0 Å². The van der Waals surface area contributed by atoms with Crippen LogP contribution in [0, 0.1) is 0 Å². The SMILES string of the molecule is CCCNC(=O)C1CCc2cc(C3CCCCC3)c(Cl)cc21. The summed E-state index contributed by atoms with van der Waals surface area (Å²) in [5.74, 6) is 0.793. The highest BCUT2D eigenvalue weighted by Gasteiger charge is 2.30. The molecule has 1 N–H and O–H groups in total. The minimum Gasteiger partial charge on any atom is -0.356 e. The number of benzene rings is 1. The zero-order valence-corrected chi connectivity index (χ0v) is 14.2. The third kappa shape index (κ3) is 3.17. The summed E-state index contributed by atoms with van der Waals surface area (Å²) in [6, 6.07) is 4.39. The number of carbonyl (C=O) groups is 1. The van der Waals surface area contributed by atoms with E-state index < -0.39 is 0 Å². The molecule has 1 unspecified atom stereocenters. The Hall–Kier alpha value is -1.02. The lowest BCUT2D eigenvalue weighted by molar-refractivity contribution is -0.122. The number of hydrogen-bond acceptors (Lipinski definition) is 1. The maximum atomic E-state index is 12.3. The molecule has 1 aromatic rings. The summed E-state index contributed by atoms with van der Waals surface area (Å²) in [6.45, 7) is 2.84. The lowest BCUT2D eigenvalue weighted by atomic mass is 9.83. The molecule has 1 atom stereocenters. The molecular weight excluding hydrogens is 294 g/mol. The van der Waals surface area contributed by atoms with Gasteiger partial charge in [0.1, 0.15) is 0 Å². The molecule has 1 fully saturated rings. The van der Waals surface area contributed by atoms with Crippen molar-refractivity contribution in [2.45, 2.75) is 70.1 Å². The van der Waals surface area contributed by atoms with Crippen molar-refractivity contribution in [2.24, 2.45) is 0 Å². The molecule has 0 aromatic heterocycles. The Morgan fingerprint density at radius 2 is 1.95 bits per heavy atom. The van der Waals surface area contributed by atoms with Gasteiger partial charge in [-0.3, -0.25) is 4.79 Å². The molecule has 0 spiro atoms. The molecule has 0 saturated heterocycles. The second kappa shape index (κ2) is 7.04. The molecule has 2 nitrogen and oxygen atoms in total. The van der Waals surface area contributed by atoms with Crippen molar-refractivity contribution in [1.29, 1.82) is 0 Å². The van der Waals surface area contributed by atoms with Crippen LogP contribution < -0.4 is 5.32 Å². The Bertz CT molecular complexity index is 549. The topological polar surface area (TPSA) is 29.1 Å². The number of aryl methyl sites for hydroxylation is 1. The smallest absolute Gasteiger partial charge is 0.227 e. The molecule has 120 valence electrons. The Balaban J connectivity index is 1.81. The van der Waals surface area contributed by atoms with Gasteiger partial charge in [-0.1, -0.05) is 43.9 Å². The van der Waals surface area contributed by atoms with E-state index >= 15 is 0 Å². The summed E-state index contributed by atoms with van der Waals surface area (Å²) in [5.41, 5.74) is 3.84. The fraction of sp³-hybridized carbons (Fsp3) is 0.632. The molecule has 0 heterocycles. The average Bonchev–Trinajstić information content (AvgIpc) is 2.95. The second-order valence-electron chi connectivity index (χ2n) is 6.79. The number of carbonyl (C=O) groups excluding carboxylic acids is 1. The van der Waals surface area contributed by atoms with Crippen LogP contribution in [0.4, 0.5) is 0 Å². The van der Waals surface area contributed by atoms with E-state index in [1.54, 1.807) is 0 Å². The van der Waals surface area contributed by atoms with E-state index in [4.69, 9.17) is 11.6 Å². The first-order chi connectivity index (χ1) is 10.7. The highest BCUT2D eigenvalue weighted by atomic mass is 35.5. The minimum atomic E-state index is -0.000504. The van der Waals surface area contributed by atoms with Crippen LogP contribution in [0.5, 0.6) is 0 Å². The molecule has 0 aliphatic heterocycles. The van der Waals surface area contributed by atoms with Crippen LogP contribution in [-0.2, 0) is 11.2 Å². The average molecular weight is 320 g/mol. The third-order valence-corrected chi connectivity index (χ3v) is 5.57. The first kappa shape index (κ1) is 15.9. The van der Waals surface area contributed by atoms with Crippen molar-refractivity contribution < 1.29 is 4.79 Å². The number of hydrogen-bond donors (Lipinski definition) is 1. The van der Waals surface area contributed by atoms with Gasteiger partial charge in [-0.25, -0.2) is 0 Å². The first-order valence-electron chi connectivity index (χ1n) is 8.80. The molecule has 1 amide bonds. The van der Waals surface area contributed by atoms with Crippen LogP contribution >= 0.6 is 11.6 Å². The van der Waals surface area contributed by atoms with Crippen LogP contribution in [-0.4, -0.2) is 12.5 Å². The minimum absolute atomic E-state index is 0.000504. The maximum absolute atomic E-state index is 12.3. The second-order valence-corrected chi connectivity index (χ2v) is 7.20. The summed E-state index contributed by atoms with van der Waals surface area (Å²) < 4.78 is 0. The van der Waals surface area contributed by atoms with Crippen LogP contribution in [0.15, 0.2) is 12.1 Å². The number of rotatable bonds is 4. The summed E-state index contributed by atoms with van der Waals surface area (Å²) in [7, 11) is 0. The Kier molecular flexibility index (Phi) is 5.07. The molecule has 3 rings (SSSR count). The standard InChI is InChI=1S/C19H26ClNO/c1-2-10-21-19(22)15-9-8-14-11-17(18(20)12-16(14)15)13-6-4-3-5-7-13/h11-13,15H,2-10H2,1H3,(H,21,22). The van der Waals surface area contributed by atoms with Crippen LogP contribution in [0.2, 0.25) is 5.02 Å². The number of fused-ring (bicyclic) bond motifs is 1. The van der Waals surface area contributed by atoms with Crippen molar-refractivity contribution in [3.63, 3.8) is 0 Å². The summed E-state index contributed by atoms with van der Waals surface area (Å²) >= 11 is 6.58. The Morgan fingerprint density at radius 3 is 2.68 bits per heavy atom. The zero-order valence-electron chi connectivity index (χ0n) is 13.5. The molecule has 1 aromatic carbocycles. The fourth-order valence-electron chi connectivity index (χ4n) is 4.02. The normalized spacial score (nSPS) is 21.6. The van der Waals surface area contributed by atoms with Gasteiger partial charge in [0.2, 0.25) is 5.91 Å². The largest absolute Gasteiger partial charge is 0.356 e. The number of amides is 1. The molecule has 2 aliphatic rings. The fourth-order valence-corrected chi connectivity index (χ4v) is 4.35.